The molecule has 0 aliphatic carbocycles. The number of rotatable bonds is 2. The summed E-state index contributed by atoms with van der Waals surface area (Å²) in [5.41, 5.74) is 1.16. The van der Waals surface area contributed by atoms with Gasteiger partial charge in [-0.15, -0.1) is 0 Å². The number of nitrogens with one attached hydrogen (secondary N) is 1. The van der Waals surface area contributed by atoms with Crippen molar-refractivity contribution in [3.8, 4) is 22.6 Å². The van der Waals surface area contributed by atoms with E-state index in [1.54, 1.807) is 43.5 Å². The minimum absolute atomic E-state index is 0.0161. The van der Waals surface area contributed by atoms with E-state index >= 15 is 0 Å². The Hall–Kier alpha value is -2.75. The molecule has 20 heavy (non-hydrogen) atoms. The van der Waals surface area contributed by atoms with Gasteiger partial charge in [0.25, 0.3) is 5.56 Å². The lowest BCUT2D eigenvalue weighted by Crippen LogP contribution is -2.09. The summed E-state index contributed by atoms with van der Waals surface area (Å²) >= 11 is 0. The number of aromatic hydroxyl groups is 1. The minimum Gasteiger partial charge on any atom is -0.506 e. The molecule has 0 saturated carbocycles. The lowest BCUT2D eigenvalue weighted by atomic mass is 10.0. The standard InChI is InChI=1S/C16H13NO3/c1-20-11-6-4-5-10(9-11)14-15(18)12-7-2-3-8-13(12)17-16(14)19/h2-9H,1H3,(H2,17,18,19). The summed E-state index contributed by atoms with van der Waals surface area (Å²) in [6, 6.07) is 14.2. The molecule has 2 N–H and O–H groups in total. The van der Waals surface area contributed by atoms with Gasteiger partial charge in [-0.1, -0.05) is 24.3 Å². The molecular formula is C16H13NO3. The summed E-state index contributed by atoms with van der Waals surface area (Å²) in [6.45, 7) is 0. The zero-order valence-corrected chi connectivity index (χ0v) is 10.9. The first kappa shape index (κ1) is 12.3. The fraction of sp³-hybridized carbons (Fsp3) is 0.0625. The van der Waals surface area contributed by atoms with Crippen molar-refractivity contribution in [3.05, 3.63) is 58.9 Å². The van der Waals surface area contributed by atoms with Crippen molar-refractivity contribution < 1.29 is 9.84 Å². The number of benzene rings is 2. The normalized spacial score (nSPS) is 10.7. The number of hydrogen-bond donors (Lipinski definition) is 2. The molecule has 0 atom stereocenters. The molecule has 0 unspecified atom stereocenters. The second-order valence-corrected chi connectivity index (χ2v) is 4.46. The highest BCUT2D eigenvalue weighted by Gasteiger charge is 2.13. The lowest BCUT2D eigenvalue weighted by molar-refractivity contribution is 0.415. The molecule has 4 heteroatoms. The number of fused-ring (bicyclic) bond motifs is 1. The Kier molecular flexibility index (Phi) is 2.91. The third-order valence-electron chi connectivity index (χ3n) is 3.25. The summed E-state index contributed by atoms with van der Waals surface area (Å²) in [5, 5.41) is 11.0. The Labute approximate surface area is 115 Å². The maximum Gasteiger partial charge on any atom is 0.260 e. The van der Waals surface area contributed by atoms with Crippen LogP contribution in [0.5, 0.6) is 11.5 Å². The summed E-state index contributed by atoms with van der Waals surface area (Å²) in [6.07, 6.45) is 0. The molecule has 0 aliphatic rings. The zero-order chi connectivity index (χ0) is 14.1. The molecule has 1 heterocycles. The van der Waals surface area contributed by atoms with Gasteiger partial charge in [0.1, 0.15) is 11.5 Å². The predicted octanol–water partition coefficient (Wildman–Crippen LogP) is 2.91. The Morgan fingerprint density at radius 2 is 1.90 bits per heavy atom. The van der Waals surface area contributed by atoms with Crippen LogP contribution < -0.4 is 10.3 Å². The van der Waals surface area contributed by atoms with Crippen LogP contribution in [-0.2, 0) is 0 Å². The van der Waals surface area contributed by atoms with E-state index in [2.05, 4.69) is 4.98 Å². The van der Waals surface area contributed by atoms with E-state index in [0.29, 0.717) is 22.2 Å². The van der Waals surface area contributed by atoms with E-state index in [4.69, 9.17) is 4.74 Å². The number of para-hydroxylation sites is 1. The molecule has 4 nitrogen and oxygen atoms in total. The second kappa shape index (κ2) is 4.74. The summed E-state index contributed by atoms with van der Waals surface area (Å²) < 4.78 is 5.15. The first-order valence-electron chi connectivity index (χ1n) is 6.19. The van der Waals surface area contributed by atoms with Crippen LogP contribution in [0.25, 0.3) is 22.0 Å². The largest absolute Gasteiger partial charge is 0.506 e. The van der Waals surface area contributed by atoms with Crippen molar-refractivity contribution in [2.75, 3.05) is 7.11 Å². The molecule has 0 bridgehead atoms. The van der Waals surface area contributed by atoms with Crippen LogP contribution in [0.15, 0.2) is 53.3 Å². The first-order valence-corrected chi connectivity index (χ1v) is 6.19. The van der Waals surface area contributed by atoms with Crippen LogP contribution >= 0.6 is 0 Å². The summed E-state index contributed by atoms with van der Waals surface area (Å²) in [5.74, 6) is 0.618. The molecule has 0 aliphatic heterocycles. The highest BCUT2D eigenvalue weighted by molar-refractivity contribution is 5.91. The van der Waals surface area contributed by atoms with Crippen LogP contribution in [0.3, 0.4) is 0 Å². The van der Waals surface area contributed by atoms with Gasteiger partial charge >= 0.3 is 0 Å². The summed E-state index contributed by atoms with van der Waals surface area (Å²) in [4.78, 5) is 15.0. The van der Waals surface area contributed by atoms with Crippen molar-refractivity contribution in [2.24, 2.45) is 0 Å². The van der Waals surface area contributed by atoms with E-state index in [1.807, 2.05) is 12.1 Å². The molecule has 1 aromatic heterocycles. The Morgan fingerprint density at radius 3 is 2.70 bits per heavy atom. The maximum atomic E-state index is 12.2. The molecule has 100 valence electrons. The van der Waals surface area contributed by atoms with Crippen molar-refractivity contribution in [3.63, 3.8) is 0 Å². The zero-order valence-electron chi connectivity index (χ0n) is 10.9. The number of H-pyrrole nitrogens is 1. The molecule has 0 spiro atoms. The van der Waals surface area contributed by atoms with Gasteiger partial charge in [0, 0.05) is 5.39 Å². The third kappa shape index (κ3) is 1.91. The maximum absolute atomic E-state index is 12.2. The van der Waals surface area contributed by atoms with Gasteiger partial charge in [-0.3, -0.25) is 4.79 Å². The Balaban J connectivity index is 2.33. The highest BCUT2D eigenvalue weighted by atomic mass is 16.5. The second-order valence-electron chi connectivity index (χ2n) is 4.46. The fourth-order valence-electron chi connectivity index (χ4n) is 2.27. The lowest BCUT2D eigenvalue weighted by Gasteiger charge is -2.08. The van der Waals surface area contributed by atoms with Crippen molar-refractivity contribution >= 4 is 10.9 Å². The molecule has 0 radical (unpaired) electrons. The number of ether oxygens (including phenoxy) is 1. The predicted molar refractivity (Wildman–Crippen MR) is 78.2 cm³/mol. The molecule has 0 saturated heterocycles. The quantitative estimate of drug-likeness (QED) is 0.750. The minimum atomic E-state index is -0.325. The highest BCUT2D eigenvalue weighted by Crippen LogP contribution is 2.32. The molecular weight excluding hydrogens is 254 g/mol. The van der Waals surface area contributed by atoms with E-state index in [0.717, 1.165) is 0 Å². The van der Waals surface area contributed by atoms with Gasteiger partial charge in [0.05, 0.1) is 18.2 Å². The van der Waals surface area contributed by atoms with E-state index in [1.165, 1.54) is 0 Å². The number of aromatic nitrogens is 1. The molecule has 3 aromatic rings. The van der Waals surface area contributed by atoms with Gasteiger partial charge in [-0.05, 0) is 29.8 Å². The number of aromatic amines is 1. The van der Waals surface area contributed by atoms with E-state index < -0.39 is 0 Å². The van der Waals surface area contributed by atoms with E-state index in [9.17, 15) is 9.90 Å². The van der Waals surface area contributed by atoms with E-state index in [-0.39, 0.29) is 16.9 Å². The fourth-order valence-corrected chi connectivity index (χ4v) is 2.27. The van der Waals surface area contributed by atoms with Crippen molar-refractivity contribution in [2.45, 2.75) is 0 Å². The number of pyridine rings is 1. The summed E-state index contributed by atoms with van der Waals surface area (Å²) in [7, 11) is 1.56. The van der Waals surface area contributed by atoms with Gasteiger partial charge < -0.3 is 14.8 Å². The molecule has 3 rings (SSSR count). The van der Waals surface area contributed by atoms with Crippen LogP contribution in [0.1, 0.15) is 0 Å². The number of methoxy groups -OCH3 is 1. The molecule has 0 amide bonds. The van der Waals surface area contributed by atoms with Crippen LogP contribution in [0.4, 0.5) is 0 Å². The first-order chi connectivity index (χ1) is 9.70. The Morgan fingerprint density at radius 1 is 1.10 bits per heavy atom. The number of hydrogen-bond acceptors (Lipinski definition) is 3. The van der Waals surface area contributed by atoms with Gasteiger partial charge in [-0.2, -0.15) is 0 Å². The van der Waals surface area contributed by atoms with Crippen LogP contribution in [0.2, 0.25) is 0 Å². The van der Waals surface area contributed by atoms with Crippen molar-refractivity contribution in [1.82, 2.24) is 4.98 Å². The van der Waals surface area contributed by atoms with Gasteiger partial charge in [0.2, 0.25) is 0 Å². The average Bonchev–Trinajstić information content (AvgIpc) is 2.47. The third-order valence-corrected chi connectivity index (χ3v) is 3.25. The SMILES string of the molecule is COc1cccc(-c2c(O)c3ccccc3[nH]c2=O)c1. The molecule has 2 aromatic carbocycles. The smallest absolute Gasteiger partial charge is 0.260 e. The topological polar surface area (TPSA) is 62.3 Å². The monoisotopic (exact) mass is 267 g/mol. The molecule has 0 fully saturated rings. The van der Waals surface area contributed by atoms with Crippen LogP contribution in [-0.4, -0.2) is 17.2 Å². The van der Waals surface area contributed by atoms with Crippen molar-refractivity contribution in [1.29, 1.82) is 0 Å². The van der Waals surface area contributed by atoms with Gasteiger partial charge in [0.15, 0.2) is 0 Å². The average molecular weight is 267 g/mol. The Bertz CT molecular complexity index is 836. The van der Waals surface area contributed by atoms with Gasteiger partial charge in [-0.25, -0.2) is 0 Å². The van der Waals surface area contributed by atoms with Crippen LogP contribution in [0, 0.1) is 0 Å².